The van der Waals surface area contributed by atoms with Gasteiger partial charge in [0, 0.05) is 23.5 Å². The first-order chi connectivity index (χ1) is 7.98. The van der Waals surface area contributed by atoms with Gasteiger partial charge in [-0.2, -0.15) is 0 Å². The van der Waals surface area contributed by atoms with Gasteiger partial charge in [0.25, 0.3) is 0 Å². The van der Waals surface area contributed by atoms with Crippen LogP contribution in [0.15, 0.2) is 48.8 Å². The molecule has 4 nitrogen and oxygen atoms in total. The molecule has 1 unspecified atom stereocenters. The Bertz CT molecular complexity index is 642. The third-order valence-corrected chi connectivity index (χ3v) is 3.26. The van der Waals surface area contributed by atoms with E-state index >= 15 is 0 Å². The molecule has 0 saturated heterocycles. The van der Waals surface area contributed by atoms with Gasteiger partial charge in [0.1, 0.15) is 9.89 Å². The van der Waals surface area contributed by atoms with Crippen molar-refractivity contribution in [3.05, 3.63) is 59.9 Å². The van der Waals surface area contributed by atoms with Crippen molar-refractivity contribution < 1.29 is 9.00 Å². The largest absolute Gasteiger partial charge is 0.289 e. The van der Waals surface area contributed by atoms with Crippen LogP contribution < -0.4 is 5.14 Å². The molecule has 0 spiro atoms. The SMILES string of the molecule is C=S(N)(=O)n1ccc(C(=O)c2ccccc2)c1. The number of hydrogen-bond donors (Lipinski definition) is 1. The molecule has 0 aliphatic heterocycles. The Hall–Kier alpha value is -1.85. The lowest BCUT2D eigenvalue weighted by Crippen LogP contribution is -2.19. The zero-order valence-corrected chi connectivity index (χ0v) is 9.89. The van der Waals surface area contributed by atoms with Gasteiger partial charge in [-0.3, -0.25) is 8.77 Å². The average molecular weight is 248 g/mol. The van der Waals surface area contributed by atoms with Crippen molar-refractivity contribution in [3.8, 4) is 0 Å². The summed E-state index contributed by atoms with van der Waals surface area (Å²) < 4.78 is 12.7. The predicted molar refractivity (Wildman–Crippen MR) is 69.2 cm³/mol. The molecule has 0 aliphatic rings. The van der Waals surface area contributed by atoms with E-state index in [0.717, 1.165) is 0 Å². The standard InChI is InChI=1S/C12H12N2O2S/c1-17(13,16)14-8-7-11(9-14)12(15)10-5-3-2-4-6-10/h2-9H,1H2,(H2,13,16). The summed E-state index contributed by atoms with van der Waals surface area (Å²) in [5.41, 5.74) is 1.02. The fourth-order valence-corrected chi connectivity index (χ4v) is 2.02. The number of nitrogens with zero attached hydrogens (tertiary/aromatic N) is 1. The number of nitrogens with two attached hydrogens (primary N) is 1. The molecule has 17 heavy (non-hydrogen) atoms. The third kappa shape index (κ3) is 2.46. The van der Waals surface area contributed by atoms with Gasteiger partial charge >= 0.3 is 0 Å². The molecule has 0 aliphatic carbocycles. The lowest BCUT2D eigenvalue weighted by molar-refractivity contribution is 0.103. The van der Waals surface area contributed by atoms with E-state index in [1.807, 2.05) is 6.07 Å². The van der Waals surface area contributed by atoms with Crippen LogP contribution in [-0.4, -0.2) is 19.8 Å². The maximum absolute atomic E-state index is 12.0. The summed E-state index contributed by atoms with van der Waals surface area (Å²) in [4.78, 5) is 12.0. The quantitative estimate of drug-likeness (QED) is 0.652. The van der Waals surface area contributed by atoms with Crippen LogP contribution >= 0.6 is 0 Å². The van der Waals surface area contributed by atoms with Crippen molar-refractivity contribution in [1.29, 1.82) is 0 Å². The molecule has 0 fully saturated rings. The molecule has 0 bridgehead atoms. The number of hydrogen-bond acceptors (Lipinski definition) is 2. The highest BCUT2D eigenvalue weighted by Gasteiger charge is 2.11. The fourth-order valence-electron chi connectivity index (χ4n) is 1.46. The van der Waals surface area contributed by atoms with Crippen molar-refractivity contribution in [2.75, 3.05) is 0 Å². The van der Waals surface area contributed by atoms with Crippen LogP contribution in [0.5, 0.6) is 0 Å². The number of aromatic nitrogens is 1. The van der Waals surface area contributed by atoms with Crippen molar-refractivity contribution in [2.24, 2.45) is 5.14 Å². The monoisotopic (exact) mass is 248 g/mol. The summed E-state index contributed by atoms with van der Waals surface area (Å²) in [7, 11) is -2.83. The van der Waals surface area contributed by atoms with Crippen molar-refractivity contribution in [2.45, 2.75) is 0 Å². The zero-order valence-electron chi connectivity index (χ0n) is 9.08. The van der Waals surface area contributed by atoms with Gasteiger partial charge in [0.2, 0.25) is 0 Å². The van der Waals surface area contributed by atoms with Crippen LogP contribution in [0.4, 0.5) is 0 Å². The number of carbonyl (C=O) groups excluding carboxylic acids is 1. The summed E-state index contributed by atoms with van der Waals surface area (Å²) in [5.74, 6) is 3.21. The molecule has 2 N–H and O–H groups in total. The predicted octanol–water partition coefficient (Wildman–Crippen LogP) is 1.07. The molecule has 0 radical (unpaired) electrons. The van der Waals surface area contributed by atoms with Gasteiger partial charge in [-0.1, -0.05) is 30.3 Å². The first kappa shape index (κ1) is 11.6. The maximum atomic E-state index is 12.0. The molecule has 1 aromatic carbocycles. The maximum Gasteiger partial charge on any atom is 0.194 e. The molecule has 1 aromatic heterocycles. The molecular formula is C12H12N2O2S. The van der Waals surface area contributed by atoms with Crippen LogP contribution in [0.2, 0.25) is 0 Å². The van der Waals surface area contributed by atoms with E-state index in [-0.39, 0.29) is 5.78 Å². The lowest BCUT2D eigenvalue weighted by Gasteiger charge is -2.02. The Labute approximate surface area is 100.0 Å². The fraction of sp³-hybridized carbons (Fsp3) is 0. The molecule has 1 atom stereocenters. The van der Waals surface area contributed by atoms with Crippen molar-refractivity contribution in [1.82, 2.24) is 3.97 Å². The van der Waals surface area contributed by atoms with Crippen LogP contribution in [0.1, 0.15) is 15.9 Å². The summed E-state index contributed by atoms with van der Waals surface area (Å²) in [5, 5.41) is 5.38. The third-order valence-electron chi connectivity index (χ3n) is 2.32. The summed E-state index contributed by atoms with van der Waals surface area (Å²) in [6.07, 6.45) is 2.94. The van der Waals surface area contributed by atoms with E-state index < -0.39 is 9.89 Å². The Morgan fingerprint density at radius 1 is 1.18 bits per heavy atom. The first-order valence-corrected chi connectivity index (χ1v) is 6.66. The second-order valence-electron chi connectivity index (χ2n) is 3.65. The van der Waals surface area contributed by atoms with E-state index in [4.69, 9.17) is 5.14 Å². The van der Waals surface area contributed by atoms with E-state index in [1.54, 1.807) is 30.3 Å². The van der Waals surface area contributed by atoms with Gasteiger partial charge in [0.15, 0.2) is 5.78 Å². The highest BCUT2D eigenvalue weighted by Crippen LogP contribution is 2.10. The number of carbonyl (C=O) groups is 1. The first-order valence-electron chi connectivity index (χ1n) is 4.92. The second-order valence-corrected chi connectivity index (χ2v) is 5.45. The Morgan fingerprint density at radius 2 is 1.82 bits per heavy atom. The average Bonchev–Trinajstić information content (AvgIpc) is 2.78. The van der Waals surface area contributed by atoms with E-state index in [0.29, 0.717) is 11.1 Å². The molecule has 0 amide bonds. The van der Waals surface area contributed by atoms with Gasteiger partial charge in [-0.25, -0.2) is 9.35 Å². The van der Waals surface area contributed by atoms with Crippen molar-refractivity contribution in [3.63, 3.8) is 0 Å². The van der Waals surface area contributed by atoms with Crippen molar-refractivity contribution >= 4 is 21.5 Å². The van der Waals surface area contributed by atoms with Crippen LogP contribution in [-0.2, 0) is 9.89 Å². The van der Waals surface area contributed by atoms with Crippen LogP contribution in [0, 0.1) is 0 Å². The highest BCUT2D eigenvalue weighted by atomic mass is 32.2. The minimum absolute atomic E-state index is 0.131. The van der Waals surface area contributed by atoms with Gasteiger partial charge in [-0.15, -0.1) is 0 Å². The smallest absolute Gasteiger partial charge is 0.194 e. The molecular weight excluding hydrogens is 236 g/mol. The Morgan fingerprint density at radius 3 is 2.35 bits per heavy atom. The number of ketones is 1. The van der Waals surface area contributed by atoms with Gasteiger partial charge in [-0.05, 0) is 11.9 Å². The summed E-state index contributed by atoms with van der Waals surface area (Å²) in [6.45, 7) is 0. The van der Waals surface area contributed by atoms with Gasteiger partial charge < -0.3 is 0 Å². The molecule has 2 aromatic rings. The van der Waals surface area contributed by atoms with E-state index in [9.17, 15) is 9.00 Å². The zero-order chi connectivity index (χ0) is 12.5. The summed E-state index contributed by atoms with van der Waals surface area (Å²) >= 11 is 0. The molecule has 1 heterocycles. The molecule has 88 valence electrons. The Balaban J connectivity index is 2.37. The molecule has 5 heteroatoms. The Kier molecular flexibility index (Phi) is 2.87. The minimum atomic E-state index is -2.83. The topological polar surface area (TPSA) is 65.1 Å². The van der Waals surface area contributed by atoms with Gasteiger partial charge in [0.05, 0.1) is 0 Å². The second kappa shape index (κ2) is 4.20. The molecule has 2 rings (SSSR count). The highest BCUT2D eigenvalue weighted by molar-refractivity contribution is 7.96. The van der Waals surface area contributed by atoms with Crippen LogP contribution in [0.3, 0.4) is 0 Å². The minimum Gasteiger partial charge on any atom is -0.289 e. The number of benzene rings is 1. The van der Waals surface area contributed by atoms with Crippen LogP contribution in [0.25, 0.3) is 0 Å². The number of rotatable bonds is 3. The molecule has 0 saturated carbocycles. The summed E-state index contributed by atoms with van der Waals surface area (Å²) in [6, 6.07) is 10.4. The van der Waals surface area contributed by atoms with E-state index in [2.05, 4.69) is 5.87 Å². The van der Waals surface area contributed by atoms with E-state index in [1.165, 1.54) is 16.4 Å². The normalized spacial score (nSPS) is 14.2. The lowest BCUT2D eigenvalue weighted by atomic mass is 10.1.